The van der Waals surface area contributed by atoms with Gasteiger partial charge >= 0.3 is 0 Å². The van der Waals surface area contributed by atoms with Gasteiger partial charge in [0.2, 0.25) is 0 Å². The second-order valence-electron chi connectivity index (χ2n) is 6.79. The van der Waals surface area contributed by atoms with Gasteiger partial charge in [0.15, 0.2) is 0 Å². The molecule has 2 N–H and O–H groups in total. The first-order valence-electron chi connectivity index (χ1n) is 7.26. The predicted octanol–water partition coefficient (Wildman–Crippen LogP) is 4.00. The summed E-state index contributed by atoms with van der Waals surface area (Å²) in [4.78, 5) is 0. The summed E-state index contributed by atoms with van der Waals surface area (Å²) in [6, 6.07) is 10.4. The minimum atomic E-state index is -0.659. The van der Waals surface area contributed by atoms with Crippen molar-refractivity contribution in [3.8, 4) is 0 Å². The number of benzene rings is 1. The van der Waals surface area contributed by atoms with Crippen LogP contribution in [0.5, 0.6) is 0 Å². The van der Waals surface area contributed by atoms with Crippen molar-refractivity contribution in [3.05, 3.63) is 35.9 Å². The molecule has 0 saturated carbocycles. The van der Waals surface area contributed by atoms with E-state index in [4.69, 9.17) is 0 Å². The number of thioether (sulfide) groups is 1. The minimum Gasteiger partial charge on any atom is -0.390 e. The third-order valence-electron chi connectivity index (χ3n) is 3.13. The molecule has 1 aromatic rings. The molecule has 0 bridgehead atoms. The zero-order valence-electron chi connectivity index (χ0n) is 13.1. The summed E-state index contributed by atoms with van der Waals surface area (Å²) in [7, 11) is 0. The molecular weight excluding hydrogens is 268 g/mol. The fourth-order valence-corrected chi connectivity index (χ4v) is 3.53. The van der Waals surface area contributed by atoms with Gasteiger partial charge in [-0.05, 0) is 52.5 Å². The maximum atomic E-state index is 10.0. The van der Waals surface area contributed by atoms with Crippen molar-refractivity contribution in [3.63, 3.8) is 0 Å². The third kappa shape index (κ3) is 8.62. The predicted molar refractivity (Wildman–Crippen MR) is 88.0 cm³/mol. The first kappa shape index (κ1) is 17.5. The average Bonchev–Trinajstić information content (AvgIpc) is 2.31. The van der Waals surface area contributed by atoms with E-state index >= 15 is 0 Å². The highest BCUT2D eigenvalue weighted by atomic mass is 32.2. The molecule has 1 aromatic carbocycles. The van der Waals surface area contributed by atoms with E-state index in [-0.39, 0.29) is 0 Å². The second kappa shape index (κ2) is 7.48. The normalized spacial score (nSPS) is 14.3. The van der Waals surface area contributed by atoms with Gasteiger partial charge in [0, 0.05) is 11.0 Å². The smallest absolute Gasteiger partial charge is 0.0602 e. The molecule has 0 aliphatic carbocycles. The highest BCUT2D eigenvalue weighted by Gasteiger charge is 2.23. The van der Waals surface area contributed by atoms with Crippen LogP contribution in [0.4, 0.5) is 0 Å². The van der Waals surface area contributed by atoms with Crippen molar-refractivity contribution in [2.45, 2.75) is 69.2 Å². The van der Waals surface area contributed by atoms with E-state index in [0.29, 0.717) is 5.25 Å². The monoisotopic (exact) mass is 296 g/mol. The van der Waals surface area contributed by atoms with Crippen molar-refractivity contribution >= 4 is 11.8 Å². The Kier molecular flexibility index (Phi) is 6.56. The van der Waals surface area contributed by atoms with E-state index in [0.717, 1.165) is 25.0 Å². The largest absolute Gasteiger partial charge is 0.390 e. The maximum absolute atomic E-state index is 10.0. The van der Waals surface area contributed by atoms with Gasteiger partial charge in [0.25, 0.3) is 0 Å². The Bertz CT molecular complexity index is 376. The molecule has 114 valence electrons. The van der Waals surface area contributed by atoms with Crippen LogP contribution >= 0.6 is 11.8 Å². The van der Waals surface area contributed by atoms with E-state index in [1.165, 1.54) is 5.56 Å². The Morgan fingerprint density at radius 2 is 1.60 bits per heavy atom. The van der Waals surface area contributed by atoms with Gasteiger partial charge in [0.05, 0.1) is 11.2 Å². The zero-order valence-corrected chi connectivity index (χ0v) is 13.9. The van der Waals surface area contributed by atoms with Crippen LogP contribution in [0.25, 0.3) is 0 Å². The van der Waals surface area contributed by atoms with Gasteiger partial charge in [-0.25, -0.2) is 0 Å². The standard InChI is InChI=1S/C17H28O2S/c1-16(2,18)11-10-15(12-17(3,4)19)20-13-14-8-6-5-7-9-14/h5-9,15,18-19H,10-13H2,1-4H3. The van der Waals surface area contributed by atoms with E-state index in [1.807, 2.05) is 45.5 Å². The summed E-state index contributed by atoms with van der Waals surface area (Å²) in [5.74, 6) is 0.952. The molecule has 0 saturated heterocycles. The number of rotatable bonds is 8. The van der Waals surface area contributed by atoms with Gasteiger partial charge in [0.1, 0.15) is 0 Å². The Hall–Kier alpha value is -0.510. The van der Waals surface area contributed by atoms with E-state index in [9.17, 15) is 10.2 Å². The average molecular weight is 296 g/mol. The molecule has 0 aromatic heterocycles. The maximum Gasteiger partial charge on any atom is 0.0602 e. The summed E-state index contributed by atoms with van der Waals surface area (Å²) in [5, 5.41) is 20.3. The summed E-state index contributed by atoms with van der Waals surface area (Å²) < 4.78 is 0. The van der Waals surface area contributed by atoms with Gasteiger partial charge in [-0.2, -0.15) is 11.8 Å². The molecule has 1 rings (SSSR count). The fraction of sp³-hybridized carbons (Fsp3) is 0.647. The quantitative estimate of drug-likeness (QED) is 0.762. The lowest BCUT2D eigenvalue weighted by Gasteiger charge is -2.27. The number of hydrogen-bond acceptors (Lipinski definition) is 3. The van der Waals surface area contributed by atoms with Gasteiger partial charge in [-0.1, -0.05) is 30.3 Å². The molecule has 0 fully saturated rings. The molecule has 0 radical (unpaired) electrons. The van der Waals surface area contributed by atoms with Crippen LogP contribution in [0.15, 0.2) is 30.3 Å². The van der Waals surface area contributed by atoms with Crippen LogP contribution in [0.3, 0.4) is 0 Å². The van der Waals surface area contributed by atoms with Crippen LogP contribution in [-0.2, 0) is 5.75 Å². The summed E-state index contributed by atoms with van der Waals surface area (Å²) in [6.45, 7) is 7.40. The van der Waals surface area contributed by atoms with Crippen molar-refractivity contribution in [2.24, 2.45) is 0 Å². The molecule has 2 nitrogen and oxygen atoms in total. The second-order valence-corrected chi connectivity index (χ2v) is 8.07. The number of hydrogen-bond donors (Lipinski definition) is 2. The molecule has 0 amide bonds. The van der Waals surface area contributed by atoms with E-state index in [1.54, 1.807) is 0 Å². The first-order valence-corrected chi connectivity index (χ1v) is 8.31. The first-order chi connectivity index (χ1) is 9.16. The van der Waals surface area contributed by atoms with Gasteiger partial charge in [-0.15, -0.1) is 0 Å². The number of aliphatic hydroxyl groups is 2. The molecule has 0 aliphatic rings. The van der Waals surface area contributed by atoms with Gasteiger partial charge < -0.3 is 10.2 Å². The Balaban J connectivity index is 2.53. The zero-order chi connectivity index (χ0) is 15.2. The molecule has 0 spiro atoms. The summed E-state index contributed by atoms with van der Waals surface area (Å²) in [5.41, 5.74) is 0.0144. The Morgan fingerprint density at radius 3 is 2.10 bits per heavy atom. The minimum absolute atomic E-state index is 0.363. The van der Waals surface area contributed by atoms with Gasteiger partial charge in [-0.3, -0.25) is 0 Å². The Morgan fingerprint density at radius 1 is 1.00 bits per heavy atom. The van der Waals surface area contributed by atoms with Crippen LogP contribution in [0.1, 0.15) is 52.5 Å². The van der Waals surface area contributed by atoms with Crippen LogP contribution in [-0.4, -0.2) is 26.7 Å². The lowest BCUT2D eigenvalue weighted by atomic mass is 9.96. The lowest BCUT2D eigenvalue weighted by Crippen LogP contribution is -2.27. The van der Waals surface area contributed by atoms with E-state index < -0.39 is 11.2 Å². The summed E-state index contributed by atoms with van der Waals surface area (Å²) in [6.07, 6.45) is 2.43. The molecule has 0 aliphatic heterocycles. The molecule has 1 unspecified atom stereocenters. The molecular formula is C17H28O2S. The third-order valence-corrected chi connectivity index (χ3v) is 4.51. The highest BCUT2D eigenvalue weighted by molar-refractivity contribution is 7.99. The molecule has 3 heteroatoms. The Labute approximate surface area is 127 Å². The van der Waals surface area contributed by atoms with Crippen molar-refractivity contribution in [1.29, 1.82) is 0 Å². The molecule has 1 atom stereocenters. The fourth-order valence-electron chi connectivity index (χ4n) is 2.10. The van der Waals surface area contributed by atoms with Crippen LogP contribution in [0.2, 0.25) is 0 Å². The molecule has 20 heavy (non-hydrogen) atoms. The van der Waals surface area contributed by atoms with Crippen molar-refractivity contribution in [1.82, 2.24) is 0 Å². The van der Waals surface area contributed by atoms with Crippen molar-refractivity contribution in [2.75, 3.05) is 0 Å². The highest BCUT2D eigenvalue weighted by Crippen LogP contribution is 2.30. The van der Waals surface area contributed by atoms with Crippen LogP contribution in [0, 0.1) is 0 Å². The SMILES string of the molecule is CC(C)(O)CCC(CC(C)(C)O)SCc1ccccc1. The van der Waals surface area contributed by atoms with Crippen molar-refractivity contribution < 1.29 is 10.2 Å². The molecule has 0 heterocycles. The lowest BCUT2D eigenvalue weighted by molar-refractivity contribution is 0.0544. The van der Waals surface area contributed by atoms with E-state index in [2.05, 4.69) is 24.3 Å². The van der Waals surface area contributed by atoms with Crippen LogP contribution < -0.4 is 0 Å². The topological polar surface area (TPSA) is 40.5 Å². The summed E-state index contributed by atoms with van der Waals surface area (Å²) >= 11 is 1.87.